The van der Waals surface area contributed by atoms with Crippen molar-refractivity contribution in [3.63, 3.8) is 0 Å². The minimum Gasteiger partial charge on any atom is -0.550 e. The summed E-state index contributed by atoms with van der Waals surface area (Å²) >= 11 is 0. The van der Waals surface area contributed by atoms with E-state index in [1.54, 1.807) is 12.2 Å². The number of benzene rings is 1. The maximum Gasteiger partial charge on any atom is 0.119 e. The first kappa shape index (κ1) is 22.4. The maximum absolute atomic E-state index is 10.4. The molecular weight excluding hydrogens is 360 g/mol. The van der Waals surface area contributed by atoms with Crippen LogP contribution in [0.25, 0.3) is 0 Å². The summed E-state index contributed by atoms with van der Waals surface area (Å²) in [6.45, 7) is 0.120. The third kappa shape index (κ3) is 7.62. The van der Waals surface area contributed by atoms with E-state index in [4.69, 9.17) is 4.74 Å². The Morgan fingerprint density at radius 1 is 1.14 bits per heavy atom. The molecule has 156 valence electrons. The average molecular weight is 391 g/mol. The lowest BCUT2D eigenvalue weighted by molar-refractivity contribution is -0.305. The number of rotatable bonds is 12. The van der Waals surface area contributed by atoms with Gasteiger partial charge in [-0.1, -0.05) is 49.6 Å². The van der Waals surface area contributed by atoms with Crippen LogP contribution in [0, 0.1) is 11.8 Å². The van der Waals surface area contributed by atoms with Gasteiger partial charge >= 0.3 is 0 Å². The molecule has 1 aliphatic rings. The van der Waals surface area contributed by atoms with Crippen LogP contribution in [0.4, 0.5) is 0 Å². The second-order valence-electron chi connectivity index (χ2n) is 7.51. The van der Waals surface area contributed by atoms with Gasteiger partial charge in [-0.2, -0.15) is 0 Å². The predicted molar refractivity (Wildman–Crippen MR) is 103 cm³/mol. The number of aliphatic carboxylic acids is 1. The van der Waals surface area contributed by atoms with Gasteiger partial charge in [-0.3, -0.25) is 0 Å². The summed E-state index contributed by atoms with van der Waals surface area (Å²) in [5.74, 6) is -0.601. The molecule has 6 heteroatoms. The van der Waals surface area contributed by atoms with Crippen molar-refractivity contribution in [2.24, 2.45) is 11.8 Å². The molecule has 1 saturated carbocycles. The number of ether oxygens (including phenoxy) is 1. The van der Waals surface area contributed by atoms with Gasteiger partial charge < -0.3 is 30.0 Å². The number of unbranched alkanes of at least 4 members (excludes halogenated alkanes) is 3. The number of carboxylic acids is 1. The molecular formula is C22H31O6-. The lowest BCUT2D eigenvalue weighted by Gasteiger charge is -2.21. The van der Waals surface area contributed by atoms with Crippen molar-refractivity contribution < 1.29 is 30.0 Å². The Morgan fingerprint density at radius 2 is 1.86 bits per heavy atom. The fourth-order valence-electron chi connectivity index (χ4n) is 3.79. The van der Waals surface area contributed by atoms with E-state index in [0.717, 1.165) is 25.7 Å². The van der Waals surface area contributed by atoms with Crippen LogP contribution in [0.2, 0.25) is 0 Å². The molecule has 28 heavy (non-hydrogen) atoms. The predicted octanol–water partition coefficient (Wildman–Crippen LogP) is 1.43. The van der Waals surface area contributed by atoms with Crippen LogP contribution >= 0.6 is 0 Å². The van der Waals surface area contributed by atoms with Crippen molar-refractivity contribution in [2.75, 3.05) is 6.61 Å². The highest BCUT2D eigenvalue weighted by atomic mass is 16.5. The van der Waals surface area contributed by atoms with Gasteiger partial charge in [0.15, 0.2) is 0 Å². The van der Waals surface area contributed by atoms with Crippen molar-refractivity contribution in [3.05, 3.63) is 42.5 Å². The minimum atomic E-state index is -1.02. The van der Waals surface area contributed by atoms with E-state index in [2.05, 4.69) is 0 Å². The minimum absolute atomic E-state index is 0.0605. The van der Waals surface area contributed by atoms with E-state index in [0.29, 0.717) is 18.6 Å². The van der Waals surface area contributed by atoms with Gasteiger partial charge in [-0.05, 0) is 37.3 Å². The van der Waals surface area contributed by atoms with Gasteiger partial charge in [0.2, 0.25) is 0 Å². The Morgan fingerprint density at radius 3 is 2.57 bits per heavy atom. The molecule has 0 saturated heterocycles. The maximum atomic E-state index is 10.4. The lowest BCUT2D eigenvalue weighted by atomic mass is 9.88. The van der Waals surface area contributed by atoms with Gasteiger partial charge in [-0.25, -0.2) is 0 Å². The molecule has 0 aromatic heterocycles. The van der Waals surface area contributed by atoms with E-state index in [1.807, 2.05) is 30.3 Å². The fourth-order valence-corrected chi connectivity index (χ4v) is 3.79. The molecule has 0 amide bonds. The van der Waals surface area contributed by atoms with Crippen molar-refractivity contribution in [1.82, 2.24) is 0 Å². The molecule has 3 N–H and O–H groups in total. The number of carboxylic acid groups (broad SMARTS) is 1. The summed E-state index contributed by atoms with van der Waals surface area (Å²) in [4.78, 5) is 10.4. The van der Waals surface area contributed by atoms with Gasteiger partial charge in [-0.15, -0.1) is 0 Å². The number of hydrogen-bond acceptors (Lipinski definition) is 6. The lowest BCUT2D eigenvalue weighted by Crippen LogP contribution is -2.22. The van der Waals surface area contributed by atoms with Crippen LogP contribution in [-0.4, -0.2) is 46.2 Å². The summed E-state index contributed by atoms with van der Waals surface area (Å²) in [5.41, 5.74) is 0. The molecule has 1 aromatic carbocycles. The summed E-state index contributed by atoms with van der Waals surface area (Å²) in [6.07, 6.45) is 5.78. The van der Waals surface area contributed by atoms with Crippen LogP contribution in [-0.2, 0) is 4.79 Å². The van der Waals surface area contributed by atoms with Crippen molar-refractivity contribution >= 4 is 5.97 Å². The Balaban J connectivity index is 1.76. The SMILES string of the molecule is O=C([O-])CCCCCCC1[C@@H](/C=C/[C@@H](O)COc2ccccc2)[C@H](O)C[C@@H]1O. The first-order valence-corrected chi connectivity index (χ1v) is 10.1. The van der Waals surface area contributed by atoms with Gasteiger partial charge in [0.25, 0.3) is 0 Å². The largest absolute Gasteiger partial charge is 0.550 e. The normalized spacial score (nSPS) is 25.8. The van der Waals surface area contributed by atoms with Gasteiger partial charge in [0.05, 0.1) is 12.2 Å². The van der Waals surface area contributed by atoms with E-state index < -0.39 is 24.3 Å². The quantitative estimate of drug-likeness (QED) is 0.367. The second kappa shape index (κ2) is 11.8. The summed E-state index contributed by atoms with van der Waals surface area (Å²) in [5, 5.41) is 41.0. The fraction of sp³-hybridized carbons (Fsp3) is 0.591. The number of aliphatic hydroxyl groups is 3. The summed E-state index contributed by atoms with van der Waals surface area (Å²) < 4.78 is 5.52. The molecule has 1 aromatic rings. The molecule has 1 fully saturated rings. The van der Waals surface area contributed by atoms with Crippen molar-refractivity contribution in [2.45, 2.75) is 63.3 Å². The molecule has 6 nitrogen and oxygen atoms in total. The van der Waals surface area contributed by atoms with E-state index >= 15 is 0 Å². The average Bonchev–Trinajstić information content (AvgIpc) is 2.94. The van der Waals surface area contributed by atoms with Crippen molar-refractivity contribution in [1.29, 1.82) is 0 Å². The highest BCUT2D eigenvalue weighted by Gasteiger charge is 2.39. The van der Waals surface area contributed by atoms with Crippen LogP contribution in [0.1, 0.15) is 44.9 Å². The standard InChI is InChI=1S/C22H32O6/c23-16(15-28-17-8-4-3-5-9-17)12-13-19-18(20(24)14-21(19)25)10-6-1-2-7-11-22(26)27/h3-5,8-9,12-13,16,18-21,23-25H,1-2,6-7,10-11,14-15H2,(H,26,27)/p-1/b13-12+/t16-,18?,19-,20+,21-/m1/s1. The zero-order chi connectivity index (χ0) is 20.4. The zero-order valence-corrected chi connectivity index (χ0v) is 16.2. The summed E-state index contributed by atoms with van der Waals surface area (Å²) in [6, 6.07) is 9.24. The number of aliphatic hydroxyl groups excluding tert-OH is 3. The molecule has 1 aliphatic carbocycles. The van der Waals surface area contributed by atoms with Crippen LogP contribution < -0.4 is 9.84 Å². The smallest absolute Gasteiger partial charge is 0.119 e. The monoisotopic (exact) mass is 391 g/mol. The molecule has 0 aliphatic heterocycles. The molecule has 0 heterocycles. The topological polar surface area (TPSA) is 110 Å². The highest BCUT2D eigenvalue weighted by molar-refractivity contribution is 5.64. The summed E-state index contributed by atoms with van der Waals surface area (Å²) in [7, 11) is 0. The number of carbonyl (C=O) groups is 1. The first-order valence-electron chi connectivity index (χ1n) is 10.1. The number of carbonyl (C=O) groups excluding carboxylic acids is 1. The Labute approximate surface area is 166 Å². The van der Waals surface area contributed by atoms with Crippen LogP contribution in [0.3, 0.4) is 0 Å². The molecule has 5 atom stereocenters. The third-order valence-electron chi connectivity index (χ3n) is 5.30. The molecule has 0 spiro atoms. The zero-order valence-electron chi connectivity index (χ0n) is 16.2. The second-order valence-corrected chi connectivity index (χ2v) is 7.51. The van der Waals surface area contributed by atoms with E-state index in [-0.39, 0.29) is 24.9 Å². The Kier molecular flexibility index (Phi) is 9.47. The molecule has 2 rings (SSSR count). The Hall–Kier alpha value is -1.89. The molecule has 0 radical (unpaired) electrons. The third-order valence-corrected chi connectivity index (χ3v) is 5.30. The van der Waals surface area contributed by atoms with Crippen LogP contribution in [0.15, 0.2) is 42.5 Å². The number of hydrogen-bond donors (Lipinski definition) is 3. The van der Waals surface area contributed by atoms with Gasteiger partial charge in [0, 0.05) is 18.3 Å². The molecule has 1 unspecified atom stereocenters. The van der Waals surface area contributed by atoms with Gasteiger partial charge in [0.1, 0.15) is 18.5 Å². The Bertz CT molecular complexity index is 602. The molecule has 0 bridgehead atoms. The highest BCUT2D eigenvalue weighted by Crippen LogP contribution is 2.37. The van der Waals surface area contributed by atoms with E-state index in [9.17, 15) is 25.2 Å². The van der Waals surface area contributed by atoms with Crippen molar-refractivity contribution in [3.8, 4) is 5.75 Å². The first-order chi connectivity index (χ1) is 13.5. The number of para-hydroxylation sites is 1. The van der Waals surface area contributed by atoms with Crippen LogP contribution in [0.5, 0.6) is 5.75 Å². The van der Waals surface area contributed by atoms with E-state index in [1.165, 1.54) is 0 Å².